The highest BCUT2D eigenvalue weighted by Gasteiger charge is 2.42. The van der Waals surface area contributed by atoms with Gasteiger partial charge in [-0.3, -0.25) is 4.79 Å². The third-order valence-corrected chi connectivity index (χ3v) is 4.98. The summed E-state index contributed by atoms with van der Waals surface area (Å²) in [6, 6.07) is -0.896. The van der Waals surface area contributed by atoms with Crippen molar-refractivity contribution >= 4 is 16.0 Å². The maximum absolute atomic E-state index is 13.6. The van der Waals surface area contributed by atoms with Crippen molar-refractivity contribution in [3.63, 3.8) is 0 Å². The predicted octanol–water partition coefficient (Wildman–Crippen LogP) is 1.34. The number of hydrogen-bond acceptors (Lipinski definition) is 3. The van der Waals surface area contributed by atoms with Crippen molar-refractivity contribution in [1.29, 1.82) is 0 Å². The largest absolute Gasteiger partial charge is 0.480 e. The van der Waals surface area contributed by atoms with E-state index >= 15 is 0 Å². The molecule has 1 unspecified atom stereocenters. The van der Waals surface area contributed by atoms with Crippen molar-refractivity contribution in [2.75, 3.05) is 6.54 Å². The average molecular weight is 309 g/mol. The Balaban J connectivity index is 2.54. The Bertz CT molecular complexity index is 639. The molecule has 1 heterocycles. The van der Waals surface area contributed by atoms with Crippen molar-refractivity contribution in [1.82, 2.24) is 4.31 Å². The van der Waals surface area contributed by atoms with Crippen LogP contribution in [0.2, 0.25) is 0 Å². The minimum Gasteiger partial charge on any atom is -0.480 e. The first-order valence-corrected chi connectivity index (χ1v) is 7.08. The molecule has 1 fully saturated rings. The summed E-state index contributed by atoms with van der Waals surface area (Å²) >= 11 is 0. The van der Waals surface area contributed by atoms with Crippen molar-refractivity contribution < 1.29 is 31.5 Å². The minimum absolute atomic E-state index is 0.0546. The molecule has 1 saturated heterocycles. The SMILES string of the molecule is O=C(O)C1CCCN1S(=O)(=O)c1c(F)cc(F)cc1F. The number of nitrogens with zero attached hydrogens (tertiary/aromatic N) is 1. The van der Waals surface area contributed by atoms with E-state index in [1.807, 2.05) is 0 Å². The highest BCUT2D eigenvalue weighted by atomic mass is 32.2. The van der Waals surface area contributed by atoms with E-state index in [2.05, 4.69) is 0 Å². The van der Waals surface area contributed by atoms with Gasteiger partial charge in [0.2, 0.25) is 10.0 Å². The van der Waals surface area contributed by atoms with Gasteiger partial charge in [0.05, 0.1) is 0 Å². The monoisotopic (exact) mass is 309 g/mol. The average Bonchev–Trinajstić information content (AvgIpc) is 2.75. The van der Waals surface area contributed by atoms with Gasteiger partial charge in [-0.05, 0) is 12.8 Å². The number of carbonyl (C=O) groups is 1. The highest BCUT2D eigenvalue weighted by molar-refractivity contribution is 7.89. The van der Waals surface area contributed by atoms with E-state index in [-0.39, 0.29) is 31.5 Å². The molecular weight excluding hydrogens is 299 g/mol. The Kier molecular flexibility index (Phi) is 3.74. The molecule has 1 N–H and O–H groups in total. The smallest absolute Gasteiger partial charge is 0.322 e. The molecule has 1 atom stereocenters. The van der Waals surface area contributed by atoms with Crippen LogP contribution in [0.15, 0.2) is 17.0 Å². The zero-order chi connectivity index (χ0) is 15.1. The Labute approximate surface area is 112 Å². The third kappa shape index (κ3) is 2.38. The van der Waals surface area contributed by atoms with Crippen LogP contribution in [0.3, 0.4) is 0 Å². The van der Waals surface area contributed by atoms with Crippen LogP contribution in [0.1, 0.15) is 12.8 Å². The van der Waals surface area contributed by atoms with Gasteiger partial charge in [-0.25, -0.2) is 21.6 Å². The number of hydrogen-bond donors (Lipinski definition) is 1. The van der Waals surface area contributed by atoms with E-state index in [0.717, 1.165) is 0 Å². The summed E-state index contributed by atoms with van der Waals surface area (Å²) in [6.07, 6.45) is 0.319. The standard InChI is InChI=1S/C11H10F3NO4S/c12-6-4-7(13)10(8(14)5-6)20(18,19)15-3-1-2-9(15)11(16)17/h4-5,9H,1-3H2,(H,16,17). The number of halogens is 3. The molecule has 5 nitrogen and oxygen atoms in total. The molecule has 1 aliphatic heterocycles. The first-order chi connectivity index (χ1) is 9.25. The van der Waals surface area contributed by atoms with Crippen LogP contribution in [0.4, 0.5) is 13.2 Å². The lowest BCUT2D eigenvalue weighted by atomic mass is 10.2. The third-order valence-electron chi connectivity index (χ3n) is 3.02. The second-order valence-corrected chi connectivity index (χ2v) is 6.14. The summed E-state index contributed by atoms with van der Waals surface area (Å²) in [5, 5.41) is 8.92. The van der Waals surface area contributed by atoms with Crippen LogP contribution in [-0.4, -0.2) is 36.4 Å². The summed E-state index contributed by atoms with van der Waals surface area (Å²) in [5.74, 6) is -5.82. The lowest BCUT2D eigenvalue weighted by Gasteiger charge is -2.21. The van der Waals surface area contributed by atoms with Gasteiger partial charge in [0.15, 0.2) is 4.90 Å². The molecule has 110 valence electrons. The predicted molar refractivity (Wildman–Crippen MR) is 60.9 cm³/mol. The van der Waals surface area contributed by atoms with Crippen molar-refractivity contribution in [2.45, 2.75) is 23.8 Å². The van der Waals surface area contributed by atoms with Crippen molar-refractivity contribution in [2.24, 2.45) is 0 Å². The summed E-state index contributed by atoms with van der Waals surface area (Å²) in [5.41, 5.74) is 0. The lowest BCUT2D eigenvalue weighted by Crippen LogP contribution is -2.41. The lowest BCUT2D eigenvalue weighted by molar-refractivity contribution is -0.140. The van der Waals surface area contributed by atoms with E-state index in [0.29, 0.717) is 4.31 Å². The van der Waals surface area contributed by atoms with E-state index in [4.69, 9.17) is 5.11 Å². The van der Waals surface area contributed by atoms with Gasteiger partial charge >= 0.3 is 5.97 Å². The van der Waals surface area contributed by atoms with Crippen molar-refractivity contribution in [3.05, 3.63) is 29.6 Å². The number of carboxylic acid groups (broad SMARTS) is 1. The molecule has 0 aromatic heterocycles. The minimum atomic E-state index is -4.68. The van der Waals surface area contributed by atoms with Gasteiger partial charge in [-0.2, -0.15) is 4.31 Å². The summed E-state index contributed by atoms with van der Waals surface area (Å²) in [6.45, 7) is -0.157. The Morgan fingerprint density at radius 2 is 1.80 bits per heavy atom. The van der Waals surface area contributed by atoms with E-state index in [1.165, 1.54) is 0 Å². The maximum atomic E-state index is 13.6. The zero-order valence-electron chi connectivity index (χ0n) is 10.0. The molecule has 0 radical (unpaired) electrons. The maximum Gasteiger partial charge on any atom is 0.322 e. The molecule has 2 rings (SSSR count). The van der Waals surface area contributed by atoms with Crippen LogP contribution in [0, 0.1) is 17.5 Å². The Hall–Kier alpha value is -1.61. The van der Waals surface area contributed by atoms with E-state index in [1.54, 1.807) is 0 Å². The molecule has 0 amide bonds. The molecule has 0 bridgehead atoms. The number of carboxylic acids is 1. The van der Waals surface area contributed by atoms with Crippen LogP contribution < -0.4 is 0 Å². The molecule has 1 aromatic carbocycles. The molecule has 20 heavy (non-hydrogen) atoms. The molecule has 1 aromatic rings. The quantitative estimate of drug-likeness (QED) is 0.914. The molecule has 0 saturated carbocycles. The van der Waals surface area contributed by atoms with Gasteiger partial charge in [0, 0.05) is 18.7 Å². The fourth-order valence-corrected chi connectivity index (χ4v) is 3.91. The fourth-order valence-electron chi connectivity index (χ4n) is 2.17. The van der Waals surface area contributed by atoms with Crippen LogP contribution in [0.5, 0.6) is 0 Å². The molecule has 9 heteroatoms. The fraction of sp³-hybridized carbons (Fsp3) is 0.364. The number of sulfonamides is 1. The summed E-state index contributed by atoms with van der Waals surface area (Å²) in [4.78, 5) is 9.63. The van der Waals surface area contributed by atoms with Gasteiger partial charge < -0.3 is 5.11 Å². The molecule has 1 aliphatic rings. The van der Waals surface area contributed by atoms with Crippen LogP contribution in [-0.2, 0) is 14.8 Å². The first kappa shape index (κ1) is 14.8. The number of benzene rings is 1. The summed E-state index contributed by atoms with van der Waals surface area (Å²) < 4.78 is 64.8. The highest BCUT2D eigenvalue weighted by Crippen LogP contribution is 2.29. The number of aliphatic carboxylic acids is 1. The summed E-state index contributed by atoms with van der Waals surface area (Å²) in [7, 11) is -4.68. The van der Waals surface area contributed by atoms with E-state index in [9.17, 15) is 26.4 Å². The Morgan fingerprint density at radius 3 is 2.30 bits per heavy atom. The molecule has 0 spiro atoms. The van der Waals surface area contributed by atoms with E-state index < -0.39 is 44.4 Å². The normalized spacial score (nSPS) is 20.2. The first-order valence-electron chi connectivity index (χ1n) is 5.64. The number of rotatable bonds is 3. The topological polar surface area (TPSA) is 74.7 Å². The zero-order valence-corrected chi connectivity index (χ0v) is 10.8. The second-order valence-electron chi connectivity index (χ2n) is 4.31. The molecular formula is C11H10F3NO4S. The van der Waals surface area contributed by atoms with Gasteiger partial charge in [-0.15, -0.1) is 0 Å². The van der Waals surface area contributed by atoms with Crippen LogP contribution >= 0.6 is 0 Å². The van der Waals surface area contributed by atoms with Crippen LogP contribution in [0.25, 0.3) is 0 Å². The molecule has 0 aliphatic carbocycles. The van der Waals surface area contributed by atoms with Gasteiger partial charge in [0.1, 0.15) is 23.5 Å². The Morgan fingerprint density at radius 1 is 1.25 bits per heavy atom. The van der Waals surface area contributed by atoms with Crippen molar-refractivity contribution in [3.8, 4) is 0 Å². The second kappa shape index (κ2) is 5.06. The van der Waals surface area contributed by atoms with Gasteiger partial charge in [-0.1, -0.05) is 0 Å². The van der Waals surface area contributed by atoms with Gasteiger partial charge in [0.25, 0.3) is 0 Å².